The molecule has 0 spiro atoms. The van der Waals surface area contributed by atoms with Gasteiger partial charge in [0.2, 0.25) is 0 Å². The summed E-state index contributed by atoms with van der Waals surface area (Å²) in [6.07, 6.45) is 0.396. The van der Waals surface area contributed by atoms with Gasteiger partial charge in [-0.2, -0.15) is 13.2 Å². The minimum atomic E-state index is -4.61. The van der Waals surface area contributed by atoms with Gasteiger partial charge in [0, 0.05) is 48.7 Å². The van der Waals surface area contributed by atoms with Gasteiger partial charge in [0.15, 0.2) is 9.84 Å². The van der Waals surface area contributed by atoms with Crippen LogP contribution in [0.25, 0.3) is 22.2 Å². The normalized spacial score (nSPS) is 22.7. The number of benzene rings is 3. The SMILES string of the molecule is CS(=O)(=O)c1ccc2nc(-c3cccc(C(F)(F)F)c3)c(C[N+]3(C4CCNCC4)CCC[C@H](O)C3)c(C(=O)NC3(c4ccccc4)CC3)c2c1. The van der Waals surface area contributed by atoms with Crippen LogP contribution in [0.2, 0.25) is 0 Å². The van der Waals surface area contributed by atoms with Crippen molar-refractivity contribution in [2.24, 2.45) is 0 Å². The molecule has 3 aromatic carbocycles. The highest BCUT2D eigenvalue weighted by Gasteiger charge is 2.47. The lowest BCUT2D eigenvalue weighted by Crippen LogP contribution is -2.63. The van der Waals surface area contributed by atoms with E-state index in [1.807, 2.05) is 30.3 Å². The van der Waals surface area contributed by atoms with Crippen molar-refractivity contribution in [2.45, 2.75) is 73.8 Å². The summed E-state index contributed by atoms with van der Waals surface area (Å²) in [4.78, 5) is 19.9. The molecule has 0 radical (unpaired) electrons. The minimum Gasteiger partial charge on any atom is -0.387 e. The van der Waals surface area contributed by atoms with Gasteiger partial charge in [0.25, 0.3) is 5.91 Å². The van der Waals surface area contributed by atoms with Crippen LogP contribution in [0, 0.1) is 0 Å². The summed E-state index contributed by atoms with van der Waals surface area (Å²) in [7, 11) is -3.69. The van der Waals surface area contributed by atoms with Gasteiger partial charge in [-0.05, 0) is 61.6 Å². The van der Waals surface area contributed by atoms with Crippen LogP contribution in [0.1, 0.15) is 65.6 Å². The Morgan fingerprint density at radius 3 is 2.42 bits per heavy atom. The highest BCUT2D eigenvalue weighted by Crippen LogP contribution is 2.46. The van der Waals surface area contributed by atoms with Gasteiger partial charge in [0.1, 0.15) is 19.2 Å². The Bertz CT molecular complexity index is 2030. The topological polar surface area (TPSA) is 108 Å². The van der Waals surface area contributed by atoms with Crippen molar-refractivity contribution >= 4 is 26.6 Å². The molecule has 2 atom stereocenters. The standard InChI is InChI=1S/C38H41F3N4O4S/c1-50(48,49)30-12-13-33-31(22-30)34(36(47)44-37(16-17-37)26-8-3-2-4-9-26)32(35(43-33)25-7-5-10-27(21-25)38(39,40)41)24-45(20-6-11-29(46)23-45)28-14-18-42-19-15-28/h2-5,7-10,12-13,21-22,28-29,42,46H,6,11,14-20,23-24H2,1H3/p+1/t29-,45?/m0/s1. The number of quaternary nitrogens is 1. The van der Waals surface area contributed by atoms with Crippen LogP contribution in [0.5, 0.6) is 0 Å². The Kier molecular flexibility index (Phi) is 9.03. The molecule has 3 N–H and O–H groups in total. The molecule has 3 aliphatic rings. The van der Waals surface area contributed by atoms with Crippen molar-refractivity contribution in [3.8, 4) is 11.3 Å². The first-order valence-electron chi connectivity index (χ1n) is 17.2. The summed E-state index contributed by atoms with van der Waals surface area (Å²) in [5.74, 6) is -0.436. The molecule has 1 saturated carbocycles. The number of aliphatic hydroxyl groups is 1. The lowest BCUT2D eigenvalue weighted by Gasteiger charge is -2.50. The molecule has 0 bridgehead atoms. The summed E-state index contributed by atoms with van der Waals surface area (Å²) < 4.78 is 68.4. The molecule has 4 aromatic rings. The molecule has 1 unspecified atom stereocenters. The van der Waals surface area contributed by atoms with Gasteiger partial charge < -0.3 is 20.2 Å². The first-order valence-corrected chi connectivity index (χ1v) is 19.1. The second-order valence-electron chi connectivity index (χ2n) is 14.3. The predicted molar refractivity (Wildman–Crippen MR) is 185 cm³/mol. The number of carbonyl (C=O) groups excluding carboxylic acids is 1. The maximum atomic E-state index is 14.9. The highest BCUT2D eigenvalue weighted by atomic mass is 32.2. The fraction of sp³-hybridized carbons (Fsp3) is 0.421. The molecule has 1 aromatic heterocycles. The van der Waals surface area contributed by atoms with E-state index in [4.69, 9.17) is 4.98 Å². The van der Waals surface area contributed by atoms with E-state index >= 15 is 0 Å². The van der Waals surface area contributed by atoms with Crippen molar-refractivity contribution in [2.75, 3.05) is 32.4 Å². The smallest absolute Gasteiger partial charge is 0.387 e. The number of alkyl halides is 3. The fourth-order valence-electron chi connectivity index (χ4n) is 8.17. The third kappa shape index (κ3) is 6.78. The summed E-state index contributed by atoms with van der Waals surface area (Å²) in [5, 5.41) is 18.1. The molecular weight excluding hydrogens is 666 g/mol. The third-order valence-electron chi connectivity index (χ3n) is 10.9. The van der Waals surface area contributed by atoms with Crippen molar-refractivity contribution in [3.05, 3.63) is 95.1 Å². The molecule has 1 aliphatic carbocycles. The van der Waals surface area contributed by atoms with Crippen molar-refractivity contribution in [1.82, 2.24) is 15.6 Å². The minimum absolute atomic E-state index is 0.0125. The van der Waals surface area contributed by atoms with E-state index < -0.39 is 39.1 Å². The number of nitrogens with zero attached hydrogens (tertiary/aromatic N) is 2. The molecule has 264 valence electrons. The molecule has 7 rings (SSSR count). The van der Waals surface area contributed by atoms with E-state index in [0.717, 1.165) is 62.8 Å². The summed E-state index contributed by atoms with van der Waals surface area (Å²) >= 11 is 0. The average Bonchev–Trinajstić information content (AvgIpc) is 3.88. The predicted octanol–water partition coefficient (Wildman–Crippen LogP) is 5.97. The van der Waals surface area contributed by atoms with E-state index in [0.29, 0.717) is 46.8 Å². The zero-order chi connectivity index (χ0) is 35.3. The van der Waals surface area contributed by atoms with Crippen LogP contribution in [-0.4, -0.2) is 73.5 Å². The quantitative estimate of drug-likeness (QED) is 0.195. The molecule has 1 amide bonds. The number of hydrogen-bond acceptors (Lipinski definition) is 6. The van der Waals surface area contributed by atoms with Gasteiger partial charge >= 0.3 is 6.18 Å². The number of halogens is 3. The number of pyridine rings is 1. The van der Waals surface area contributed by atoms with Gasteiger partial charge in [-0.3, -0.25) is 4.79 Å². The third-order valence-corrected chi connectivity index (χ3v) is 12.0. The molecule has 12 heteroatoms. The number of aromatic nitrogens is 1. The van der Waals surface area contributed by atoms with Crippen molar-refractivity contribution < 1.29 is 36.0 Å². The van der Waals surface area contributed by atoms with Crippen LogP contribution in [0.3, 0.4) is 0 Å². The van der Waals surface area contributed by atoms with Crippen LogP contribution < -0.4 is 10.6 Å². The number of rotatable bonds is 8. The number of sulfone groups is 1. The first-order chi connectivity index (χ1) is 23.8. The zero-order valence-electron chi connectivity index (χ0n) is 28.0. The van der Waals surface area contributed by atoms with Crippen LogP contribution in [0.15, 0.2) is 77.7 Å². The molecule has 3 heterocycles. The Labute approximate surface area is 290 Å². The molecule has 3 fully saturated rings. The summed E-state index contributed by atoms with van der Waals surface area (Å²) in [6.45, 7) is 2.98. The first kappa shape index (κ1) is 34.6. The van der Waals surface area contributed by atoms with Crippen LogP contribution in [-0.2, 0) is 28.1 Å². The number of likely N-dealkylation sites (tertiary alicyclic amines) is 1. The van der Waals surface area contributed by atoms with Gasteiger partial charge in [0.05, 0.1) is 45.4 Å². The Balaban J connectivity index is 1.50. The van der Waals surface area contributed by atoms with E-state index in [2.05, 4.69) is 10.6 Å². The van der Waals surface area contributed by atoms with E-state index in [9.17, 15) is 31.5 Å². The van der Waals surface area contributed by atoms with Gasteiger partial charge in [-0.25, -0.2) is 13.4 Å². The number of carbonyl (C=O) groups is 1. The molecule has 2 aliphatic heterocycles. The zero-order valence-corrected chi connectivity index (χ0v) is 28.8. The van der Waals surface area contributed by atoms with Gasteiger partial charge in [-0.1, -0.05) is 42.5 Å². The Morgan fingerprint density at radius 2 is 1.76 bits per heavy atom. The number of amides is 1. The van der Waals surface area contributed by atoms with Crippen LogP contribution >= 0.6 is 0 Å². The molecule has 2 saturated heterocycles. The highest BCUT2D eigenvalue weighted by molar-refractivity contribution is 7.90. The molecular formula is C38H42F3N4O4S+. The van der Waals surface area contributed by atoms with E-state index in [1.165, 1.54) is 24.3 Å². The number of nitrogens with one attached hydrogen (secondary N) is 2. The van der Waals surface area contributed by atoms with E-state index in [-0.39, 0.29) is 34.3 Å². The summed E-state index contributed by atoms with van der Waals surface area (Å²) in [5.41, 5.74) is 0.908. The van der Waals surface area contributed by atoms with Crippen LogP contribution in [0.4, 0.5) is 13.2 Å². The average molecular weight is 708 g/mol. The monoisotopic (exact) mass is 707 g/mol. The largest absolute Gasteiger partial charge is 0.416 e. The maximum absolute atomic E-state index is 14.9. The van der Waals surface area contributed by atoms with Crippen molar-refractivity contribution in [3.63, 3.8) is 0 Å². The number of hydrogen-bond donors (Lipinski definition) is 3. The Hall–Kier alpha value is -3.84. The lowest BCUT2D eigenvalue weighted by atomic mass is 9.89. The number of aliphatic hydroxyl groups excluding tert-OH is 1. The second kappa shape index (κ2) is 13.0. The lowest BCUT2D eigenvalue weighted by molar-refractivity contribution is -0.971. The Morgan fingerprint density at radius 1 is 1.02 bits per heavy atom. The number of piperidine rings is 2. The number of fused-ring (bicyclic) bond motifs is 1. The maximum Gasteiger partial charge on any atom is 0.416 e. The molecule has 50 heavy (non-hydrogen) atoms. The molecule has 8 nitrogen and oxygen atoms in total. The summed E-state index contributed by atoms with van der Waals surface area (Å²) in [6, 6.07) is 19.2. The van der Waals surface area contributed by atoms with Crippen molar-refractivity contribution in [1.29, 1.82) is 0 Å². The van der Waals surface area contributed by atoms with Gasteiger partial charge in [-0.15, -0.1) is 0 Å². The second-order valence-corrected chi connectivity index (χ2v) is 16.3. The fourth-order valence-corrected chi connectivity index (χ4v) is 8.82. The van der Waals surface area contributed by atoms with E-state index in [1.54, 1.807) is 6.07 Å².